The third-order valence-electron chi connectivity index (χ3n) is 3.88. The van der Waals surface area contributed by atoms with E-state index in [0.29, 0.717) is 0 Å². The Morgan fingerprint density at radius 1 is 1.21 bits per heavy atom. The van der Waals surface area contributed by atoms with E-state index < -0.39 is 32.6 Å². The van der Waals surface area contributed by atoms with Gasteiger partial charge >= 0.3 is 0 Å². The molecule has 0 fully saturated rings. The van der Waals surface area contributed by atoms with Crippen LogP contribution >= 0.6 is 12.4 Å². The van der Waals surface area contributed by atoms with Gasteiger partial charge in [0.25, 0.3) is 5.69 Å². The molecule has 1 atom stereocenters. The Balaban J connectivity index is 0.00000392. The molecule has 0 aliphatic carbocycles. The van der Waals surface area contributed by atoms with Crippen molar-refractivity contribution in [1.82, 2.24) is 4.31 Å². The molecular formula is C16H18ClF2N3O5S. The zero-order valence-electron chi connectivity index (χ0n) is 14.8. The van der Waals surface area contributed by atoms with Gasteiger partial charge < -0.3 is 10.5 Å². The third-order valence-corrected chi connectivity index (χ3v) is 5.72. The van der Waals surface area contributed by atoms with E-state index >= 15 is 0 Å². The molecule has 28 heavy (non-hydrogen) atoms. The van der Waals surface area contributed by atoms with Crippen LogP contribution in [-0.2, 0) is 10.0 Å². The molecule has 0 bridgehead atoms. The Kier molecular flexibility index (Phi) is 7.82. The van der Waals surface area contributed by atoms with Crippen molar-refractivity contribution in [2.75, 3.05) is 20.7 Å². The second-order valence-electron chi connectivity index (χ2n) is 5.65. The minimum absolute atomic E-state index is 0. The fraction of sp³-hybridized carbons (Fsp3) is 0.250. The number of nitro groups is 1. The van der Waals surface area contributed by atoms with Crippen molar-refractivity contribution in [3.05, 3.63) is 63.7 Å². The van der Waals surface area contributed by atoms with Crippen LogP contribution in [0.25, 0.3) is 0 Å². The number of methoxy groups -OCH3 is 1. The molecule has 2 aromatic carbocycles. The van der Waals surface area contributed by atoms with E-state index in [9.17, 15) is 27.3 Å². The number of sulfonamides is 1. The van der Waals surface area contributed by atoms with E-state index in [2.05, 4.69) is 4.74 Å². The van der Waals surface area contributed by atoms with E-state index in [1.54, 1.807) is 0 Å². The summed E-state index contributed by atoms with van der Waals surface area (Å²) in [4.78, 5) is 9.81. The lowest BCUT2D eigenvalue weighted by atomic mass is 10.1. The number of benzene rings is 2. The molecule has 0 aliphatic rings. The standard InChI is InChI=1S/C16H17F2N3O5S.ClH/c1-20(27(24,25)11-5-3-10(4-6-11)21(22)23)9-15(19)12-7-14(18)16(26-2)8-13(12)17;/h3-8,15H,9,19H2,1-2H3;1H/t15-;/m1./s1. The van der Waals surface area contributed by atoms with Crippen molar-refractivity contribution in [3.8, 4) is 5.75 Å². The Morgan fingerprint density at radius 3 is 2.29 bits per heavy atom. The number of hydrogen-bond donors (Lipinski definition) is 1. The largest absolute Gasteiger partial charge is 0.494 e. The number of likely N-dealkylation sites (N-methyl/N-ethyl adjacent to an activating group) is 1. The van der Waals surface area contributed by atoms with Gasteiger partial charge in [0.05, 0.1) is 16.9 Å². The lowest BCUT2D eigenvalue weighted by Crippen LogP contribution is -2.34. The number of hydrogen-bond acceptors (Lipinski definition) is 6. The van der Waals surface area contributed by atoms with Crippen molar-refractivity contribution in [2.45, 2.75) is 10.9 Å². The number of nitrogens with two attached hydrogens (primary N) is 1. The van der Waals surface area contributed by atoms with Crippen LogP contribution in [0.15, 0.2) is 41.3 Å². The van der Waals surface area contributed by atoms with Crippen LogP contribution < -0.4 is 10.5 Å². The zero-order chi connectivity index (χ0) is 20.4. The molecular weight excluding hydrogens is 420 g/mol. The van der Waals surface area contributed by atoms with Crippen LogP contribution in [0.4, 0.5) is 14.5 Å². The maximum absolute atomic E-state index is 14.1. The zero-order valence-corrected chi connectivity index (χ0v) is 16.5. The summed E-state index contributed by atoms with van der Waals surface area (Å²) >= 11 is 0. The van der Waals surface area contributed by atoms with Gasteiger partial charge in [0, 0.05) is 43.4 Å². The summed E-state index contributed by atoms with van der Waals surface area (Å²) in [5.41, 5.74) is 5.38. The molecule has 0 radical (unpaired) electrons. The molecule has 154 valence electrons. The molecule has 2 N–H and O–H groups in total. The molecule has 0 heterocycles. The number of ether oxygens (including phenoxy) is 1. The molecule has 0 aromatic heterocycles. The monoisotopic (exact) mass is 437 g/mol. The quantitative estimate of drug-likeness (QED) is 0.525. The van der Waals surface area contributed by atoms with Crippen molar-refractivity contribution >= 4 is 28.1 Å². The van der Waals surface area contributed by atoms with Crippen molar-refractivity contribution in [2.24, 2.45) is 5.73 Å². The molecule has 0 aliphatic heterocycles. The van der Waals surface area contributed by atoms with Gasteiger partial charge in [-0.15, -0.1) is 12.4 Å². The molecule has 8 nitrogen and oxygen atoms in total. The van der Waals surface area contributed by atoms with Crippen molar-refractivity contribution in [3.63, 3.8) is 0 Å². The van der Waals surface area contributed by atoms with Crippen LogP contribution in [-0.4, -0.2) is 38.3 Å². The number of nitro benzene ring substituents is 1. The number of non-ortho nitro benzene ring substituents is 1. The molecule has 0 unspecified atom stereocenters. The number of rotatable bonds is 7. The Morgan fingerprint density at radius 2 is 1.79 bits per heavy atom. The van der Waals surface area contributed by atoms with Gasteiger partial charge in [-0.2, -0.15) is 4.31 Å². The second kappa shape index (κ2) is 9.24. The second-order valence-corrected chi connectivity index (χ2v) is 7.70. The van der Waals surface area contributed by atoms with Crippen LogP contribution in [0.3, 0.4) is 0 Å². The summed E-state index contributed by atoms with van der Waals surface area (Å²) in [6.07, 6.45) is 0. The maximum atomic E-state index is 14.1. The summed E-state index contributed by atoms with van der Waals surface area (Å²) < 4.78 is 58.5. The summed E-state index contributed by atoms with van der Waals surface area (Å²) in [6, 6.07) is 4.81. The van der Waals surface area contributed by atoms with E-state index in [1.165, 1.54) is 14.2 Å². The highest BCUT2D eigenvalue weighted by Gasteiger charge is 2.25. The SMILES string of the molecule is COc1cc(F)c([C@H](N)CN(C)S(=O)(=O)c2ccc([N+](=O)[O-])cc2)cc1F.Cl. The number of halogens is 3. The summed E-state index contributed by atoms with van der Waals surface area (Å²) in [7, 11) is -1.63. The highest BCUT2D eigenvalue weighted by Crippen LogP contribution is 2.26. The first kappa shape index (κ1) is 23.7. The van der Waals surface area contributed by atoms with Crippen LogP contribution in [0.1, 0.15) is 11.6 Å². The first-order valence-electron chi connectivity index (χ1n) is 7.57. The van der Waals surface area contributed by atoms with Gasteiger partial charge in [-0.25, -0.2) is 17.2 Å². The highest BCUT2D eigenvalue weighted by molar-refractivity contribution is 7.89. The topological polar surface area (TPSA) is 116 Å². The summed E-state index contributed by atoms with van der Waals surface area (Å²) in [5.74, 6) is -1.96. The molecule has 0 saturated heterocycles. The van der Waals surface area contributed by atoms with Crippen molar-refractivity contribution in [1.29, 1.82) is 0 Å². The molecule has 2 rings (SSSR count). The van der Waals surface area contributed by atoms with Gasteiger partial charge in [0.15, 0.2) is 11.6 Å². The lowest BCUT2D eigenvalue weighted by Gasteiger charge is -2.22. The summed E-state index contributed by atoms with van der Waals surface area (Å²) in [6.45, 7) is -0.345. The van der Waals surface area contributed by atoms with E-state index in [-0.39, 0.29) is 40.8 Å². The van der Waals surface area contributed by atoms with Gasteiger partial charge in [-0.05, 0) is 18.2 Å². The van der Waals surface area contributed by atoms with Gasteiger partial charge in [-0.3, -0.25) is 10.1 Å². The fourth-order valence-corrected chi connectivity index (χ4v) is 3.57. The first-order valence-corrected chi connectivity index (χ1v) is 9.01. The lowest BCUT2D eigenvalue weighted by molar-refractivity contribution is -0.384. The average Bonchev–Trinajstić information content (AvgIpc) is 2.62. The molecule has 12 heteroatoms. The molecule has 2 aromatic rings. The van der Waals surface area contributed by atoms with Gasteiger partial charge in [0.1, 0.15) is 5.82 Å². The van der Waals surface area contributed by atoms with Crippen LogP contribution in [0, 0.1) is 21.7 Å². The fourth-order valence-electron chi connectivity index (χ4n) is 2.38. The van der Waals surface area contributed by atoms with E-state index in [0.717, 1.165) is 40.7 Å². The highest BCUT2D eigenvalue weighted by atomic mass is 35.5. The van der Waals surface area contributed by atoms with Gasteiger partial charge in [-0.1, -0.05) is 0 Å². The smallest absolute Gasteiger partial charge is 0.269 e. The van der Waals surface area contributed by atoms with Crippen LogP contribution in [0.5, 0.6) is 5.75 Å². The van der Waals surface area contributed by atoms with Gasteiger partial charge in [0.2, 0.25) is 10.0 Å². The number of nitrogens with zero attached hydrogens (tertiary/aromatic N) is 2. The normalized spacial score (nSPS) is 12.4. The maximum Gasteiger partial charge on any atom is 0.269 e. The Hall–Kier alpha value is -2.34. The third kappa shape index (κ3) is 4.93. The first-order chi connectivity index (χ1) is 12.6. The minimum atomic E-state index is -4.03. The molecule has 0 saturated carbocycles. The van der Waals surface area contributed by atoms with Crippen molar-refractivity contribution < 1.29 is 26.9 Å². The Labute approximate surface area is 166 Å². The van der Waals surface area contributed by atoms with E-state index in [1.807, 2.05) is 0 Å². The summed E-state index contributed by atoms with van der Waals surface area (Å²) in [5, 5.41) is 10.7. The molecule has 0 spiro atoms. The van der Waals surface area contributed by atoms with E-state index in [4.69, 9.17) is 5.73 Å². The predicted molar refractivity (Wildman–Crippen MR) is 100.0 cm³/mol. The average molecular weight is 438 g/mol. The minimum Gasteiger partial charge on any atom is -0.494 e. The van der Waals surface area contributed by atoms with Crippen LogP contribution in [0.2, 0.25) is 0 Å². The molecule has 0 amide bonds. The Bertz CT molecular complexity index is 957. The predicted octanol–water partition coefficient (Wildman–Crippen LogP) is 2.62.